The summed E-state index contributed by atoms with van der Waals surface area (Å²) in [4.78, 5) is 22.5. The molecular weight excluding hydrogens is 266 g/mol. The minimum absolute atomic E-state index is 0.0866. The molecule has 0 bridgehead atoms. The Kier molecular flexibility index (Phi) is 2.94. The molecule has 1 aliphatic heterocycles. The van der Waals surface area contributed by atoms with Gasteiger partial charge in [0.15, 0.2) is 10.4 Å². The Morgan fingerprint density at radius 3 is 3.11 bits per heavy atom. The number of carbonyl (C=O) groups excluding carboxylic acids is 1. The zero-order chi connectivity index (χ0) is 13.4. The number of imidazole rings is 1. The van der Waals surface area contributed by atoms with Gasteiger partial charge in [-0.3, -0.25) is 9.36 Å². The molecule has 2 aromatic rings. The number of H-pyrrole nitrogens is 1. The van der Waals surface area contributed by atoms with Crippen molar-refractivity contribution in [3.63, 3.8) is 0 Å². The summed E-state index contributed by atoms with van der Waals surface area (Å²) in [5, 5.41) is 2.92. The summed E-state index contributed by atoms with van der Waals surface area (Å²) in [7, 11) is 1.55. The molecule has 0 spiro atoms. The van der Waals surface area contributed by atoms with E-state index in [4.69, 9.17) is 17.0 Å². The molecular formula is C11H13N5O2S. The van der Waals surface area contributed by atoms with Gasteiger partial charge in [0.25, 0.3) is 0 Å². The predicted molar refractivity (Wildman–Crippen MR) is 70.4 cm³/mol. The fraction of sp³-hybridized carbons (Fsp3) is 0.455. The third-order valence-corrected chi connectivity index (χ3v) is 3.53. The molecule has 0 saturated carbocycles. The van der Waals surface area contributed by atoms with Gasteiger partial charge < -0.3 is 15.0 Å². The molecule has 1 amide bonds. The van der Waals surface area contributed by atoms with Crippen molar-refractivity contribution in [3.05, 3.63) is 11.1 Å². The average molecular weight is 279 g/mol. The quantitative estimate of drug-likeness (QED) is 0.811. The molecule has 3 rings (SSSR count). The second-order valence-corrected chi connectivity index (χ2v) is 4.81. The van der Waals surface area contributed by atoms with Gasteiger partial charge in [-0.1, -0.05) is 0 Å². The molecule has 8 heteroatoms. The largest absolute Gasteiger partial charge is 0.479 e. The monoisotopic (exact) mass is 279 g/mol. The molecule has 1 unspecified atom stereocenters. The minimum atomic E-state index is 0.0866. The van der Waals surface area contributed by atoms with E-state index in [0.29, 0.717) is 34.8 Å². The van der Waals surface area contributed by atoms with Crippen molar-refractivity contribution >= 4 is 29.3 Å². The maximum absolute atomic E-state index is 11.2. The maximum Gasteiger partial charge on any atom is 0.242 e. The van der Waals surface area contributed by atoms with Crippen LogP contribution < -0.4 is 10.1 Å². The average Bonchev–Trinajstić information content (AvgIpc) is 2.94. The van der Waals surface area contributed by atoms with Gasteiger partial charge in [0.2, 0.25) is 11.8 Å². The number of ether oxygens (including phenoxy) is 1. The van der Waals surface area contributed by atoms with Crippen molar-refractivity contribution in [1.29, 1.82) is 0 Å². The Morgan fingerprint density at radius 1 is 1.58 bits per heavy atom. The number of hydrogen-bond acceptors (Lipinski definition) is 5. The lowest BCUT2D eigenvalue weighted by molar-refractivity contribution is -0.119. The molecule has 1 saturated heterocycles. The highest BCUT2D eigenvalue weighted by Gasteiger charge is 2.22. The molecule has 7 nitrogen and oxygen atoms in total. The van der Waals surface area contributed by atoms with E-state index in [0.717, 1.165) is 6.42 Å². The Balaban J connectivity index is 2.01. The number of aromatic nitrogens is 4. The number of nitrogens with zero attached hydrogens (tertiary/aromatic N) is 3. The number of hydrogen-bond donors (Lipinski definition) is 2. The van der Waals surface area contributed by atoms with E-state index < -0.39 is 0 Å². The molecule has 100 valence electrons. The van der Waals surface area contributed by atoms with E-state index >= 15 is 0 Å². The third-order valence-electron chi connectivity index (χ3n) is 3.21. The normalized spacial score (nSPS) is 18.8. The zero-order valence-electron chi connectivity index (χ0n) is 10.3. The van der Waals surface area contributed by atoms with Gasteiger partial charge >= 0.3 is 0 Å². The first kappa shape index (κ1) is 12.1. The molecule has 0 aliphatic carbocycles. The number of nitrogens with one attached hydrogen (secondary N) is 2. The SMILES string of the molecule is COc1ncnc2c1[nH]c(=S)n2CC1CCC(=O)N1. The number of methoxy groups -OCH3 is 1. The van der Waals surface area contributed by atoms with Crippen molar-refractivity contribution < 1.29 is 9.53 Å². The first-order valence-corrected chi connectivity index (χ1v) is 6.36. The summed E-state index contributed by atoms with van der Waals surface area (Å²) in [5.74, 6) is 0.550. The summed E-state index contributed by atoms with van der Waals surface area (Å²) in [6.07, 6.45) is 2.82. The van der Waals surface area contributed by atoms with Crippen molar-refractivity contribution in [3.8, 4) is 5.88 Å². The number of carbonyl (C=O) groups is 1. The van der Waals surface area contributed by atoms with Crippen LogP contribution in [0.3, 0.4) is 0 Å². The van der Waals surface area contributed by atoms with E-state index in [2.05, 4.69) is 20.3 Å². The first-order valence-electron chi connectivity index (χ1n) is 5.96. The van der Waals surface area contributed by atoms with Crippen LogP contribution in [0.15, 0.2) is 6.33 Å². The van der Waals surface area contributed by atoms with Crippen molar-refractivity contribution in [1.82, 2.24) is 24.8 Å². The van der Waals surface area contributed by atoms with Gasteiger partial charge in [-0.2, -0.15) is 4.98 Å². The smallest absolute Gasteiger partial charge is 0.242 e. The second-order valence-electron chi connectivity index (χ2n) is 4.43. The van der Waals surface area contributed by atoms with E-state index in [-0.39, 0.29) is 11.9 Å². The Bertz CT molecular complexity index is 692. The highest BCUT2D eigenvalue weighted by Crippen LogP contribution is 2.21. The number of amides is 1. The van der Waals surface area contributed by atoms with Crippen LogP contribution >= 0.6 is 12.2 Å². The second kappa shape index (κ2) is 4.61. The highest BCUT2D eigenvalue weighted by atomic mass is 32.1. The number of aromatic amines is 1. The molecule has 2 aromatic heterocycles. The van der Waals surface area contributed by atoms with E-state index in [1.165, 1.54) is 6.33 Å². The first-order chi connectivity index (χ1) is 9.19. The van der Waals surface area contributed by atoms with Crippen LogP contribution in [0.25, 0.3) is 11.2 Å². The van der Waals surface area contributed by atoms with Gasteiger partial charge in [-0.25, -0.2) is 4.98 Å². The summed E-state index contributed by atoms with van der Waals surface area (Å²) in [6.45, 7) is 0.602. The van der Waals surface area contributed by atoms with Crippen molar-refractivity contribution in [2.45, 2.75) is 25.4 Å². The van der Waals surface area contributed by atoms with Crippen LogP contribution in [-0.2, 0) is 11.3 Å². The van der Waals surface area contributed by atoms with Gasteiger partial charge in [-0.15, -0.1) is 0 Å². The fourth-order valence-electron chi connectivity index (χ4n) is 2.30. The third kappa shape index (κ3) is 2.07. The number of fused-ring (bicyclic) bond motifs is 1. The van der Waals surface area contributed by atoms with Gasteiger partial charge in [0, 0.05) is 19.0 Å². The molecule has 2 N–H and O–H groups in total. The standard InChI is InChI=1S/C11H13N5O2S/c1-18-10-8-9(12-5-13-10)16(11(19)15-8)4-6-2-3-7(17)14-6/h5-6H,2-4H2,1H3,(H,14,17)(H,15,19). The van der Waals surface area contributed by atoms with Crippen molar-refractivity contribution in [2.24, 2.45) is 0 Å². The van der Waals surface area contributed by atoms with Crippen molar-refractivity contribution in [2.75, 3.05) is 7.11 Å². The minimum Gasteiger partial charge on any atom is -0.479 e. The van der Waals surface area contributed by atoms with Gasteiger partial charge in [0.05, 0.1) is 7.11 Å². The molecule has 1 aliphatic rings. The van der Waals surface area contributed by atoms with Crippen LogP contribution in [0.4, 0.5) is 0 Å². The predicted octanol–water partition coefficient (Wildman–Crippen LogP) is 0.776. The topological polar surface area (TPSA) is 84.8 Å². The maximum atomic E-state index is 11.2. The van der Waals surface area contributed by atoms with Crippen LogP contribution in [0.2, 0.25) is 0 Å². The summed E-state index contributed by atoms with van der Waals surface area (Å²) in [5.41, 5.74) is 1.37. The van der Waals surface area contributed by atoms with Crippen LogP contribution in [0.5, 0.6) is 5.88 Å². The van der Waals surface area contributed by atoms with E-state index in [9.17, 15) is 4.79 Å². The van der Waals surface area contributed by atoms with Crippen LogP contribution in [-0.4, -0.2) is 38.6 Å². The summed E-state index contributed by atoms with van der Waals surface area (Å²) < 4.78 is 7.59. The molecule has 1 fully saturated rings. The van der Waals surface area contributed by atoms with E-state index in [1.807, 2.05) is 4.57 Å². The molecule has 0 aromatic carbocycles. The summed E-state index contributed by atoms with van der Waals surface area (Å²) >= 11 is 5.30. The zero-order valence-corrected chi connectivity index (χ0v) is 11.2. The number of rotatable bonds is 3. The van der Waals surface area contributed by atoms with Crippen LogP contribution in [0, 0.1) is 4.77 Å². The highest BCUT2D eigenvalue weighted by molar-refractivity contribution is 7.71. The van der Waals surface area contributed by atoms with Gasteiger partial charge in [-0.05, 0) is 18.6 Å². The Morgan fingerprint density at radius 2 is 2.42 bits per heavy atom. The Hall–Kier alpha value is -1.96. The lowest BCUT2D eigenvalue weighted by atomic mass is 10.2. The lowest BCUT2D eigenvalue weighted by Crippen LogP contribution is -2.29. The van der Waals surface area contributed by atoms with Crippen LogP contribution in [0.1, 0.15) is 12.8 Å². The van der Waals surface area contributed by atoms with Gasteiger partial charge in [0.1, 0.15) is 11.8 Å². The fourth-order valence-corrected chi connectivity index (χ4v) is 2.57. The van der Waals surface area contributed by atoms with E-state index in [1.54, 1.807) is 7.11 Å². The molecule has 3 heterocycles. The lowest BCUT2D eigenvalue weighted by Gasteiger charge is -2.11. The summed E-state index contributed by atoms with van der Waals surface area (Å²) in [6, 6.07) is 0.0964. The molecule has 19 heavy (non-hydrogen) atoms. The molecule has 0 radical (unpaired) electrons. The molecule has 1 atom stereocenters. The Labute approximate surface area is 114 Å².